The highest BCUT2D eigenvalue weighted by atomic mass is 79.9. The number of thioether (sulfide) groups is 1. The van der Waals surface area contributed by atoms with Gasteiger partial charge in [-0.05, 0) is 59.7 Å². The molecule has 0 aromatic heterocycles. The van der Waals surface area contributed by atoms with E-state index in [2.05, 4.69) is 22.9 Å². The third kappa shape index (κ3) is 5.23. The van der Waals surface area contributed by atoms with E-state index >= 15 is 0 Å². The van der Waals surface area contributed by atoms with Crippen molar-refractivity contribution >= 4 is 44.9 Å². The Morgan fingerprint density at radius 2 is 1.93 bits per heavy atom. The van der Waals surface area contributed by atoms with Crippen molar-refractivity contribution in [1.82, 2.24) is 4.90 Å². The topological polar surface area (TPSA) is 46.6 Å². The molecule has 1 heterocycles. The van der Waals surface area contributed by atoms with Crippen molar-refractivity contribution in [3.8, 4) is 5.75 Å². The van der Waals surface area contributed by atoms with Crippen LogP contribution in [0.4, 0.5) is 4.79 Å². The Bertz CT molecular complexity index is 864. The summed E-state index contributed by atoms with van der Waals surface area (Å²) in [7, 11) is 0. The number of carbonyl (C=O) groups is 2. The van der Waals surface area contributed by atoms with Gasteiger partial charge >= 0.3 is 0 Å². The summed E-state index contributed by atoms with van der Waals surface area (Å²) in [6, 6.07) is 15.2. The fraction of sp³-hybridized carbons (Fsp3) is 0.238. The Hall–Kier alpha value is -2.05. The van der Waals surface area contributed by atoms with Gasteiger partial charge in [0.05, 0.1) is 18.1 Å². The molecule has 0 saturated carbocycles. The number of nitrogens with zero attached hydrogens (tertiary/aromatic N) is 1. The van der Waals surface area contributed by atoms with Crippen LogP contribution in [-0.4, -0.2) is 22.7 Å². The first-order chi connectivity index (χ1) is 13.1. The van der Waals surface area contributed by atoms with E-state index in [1.165, 1.54) is 4.90 Å². The zero-order valence-corrected chi connectivity index (χ0v) is 17.4. The van der Waals surface area contributed by atoms with Crippen LogP contribution in [0.3, 0.4) is 0 Å². The Balaban J connectivity index is 1.68. The number of hydrogen-bond donors (Lipinski definition) is 0. The van der Waals surface area contributed by atoms with Gasteiger partial charge in [-0.2, -0.15) is 0 Å². The van der Waals surface area contributed by atoms with E-state index < -0.39 is 0 Å². The summed E-state index contributed by atoms with van der Waals surface area (Å²) in [6.07, 6.45) is 3.86. The SMILES string of the molecule is CCCCOc1ccc(/C=C2\SC(=O)N(Cc3cccc(Br)c3)C2=O)cc1. The Labute approximate surface area is 171 Å². The molecule has 1 saturated heterocycles. The van der Waals surface area contributed by atoms with Gasteiger partial charge in [-0.25, -0.2) is 0 Å². The minimum Gasteiger partial charge on any atom is -0.494 e. The lowest BCUT2D eigenvalue weighted by Crippen LogP contribution is -2.27. The smallest absolute Gasteiger partial charge is 0.293 e. The lowest BCUT2D eigenvalue weighted by molar-refractivity contribution is -0.123. The van der Waals surface area contributed by atoms with Crippen LogP contribution < -0.4 is 4.74 Å². The molecule has 1 aliphatic heterocycles. The molecule has 0 aliphatic carbocycles. The molecular weight excluding hydrogens is 426 g/mol. The summed E-state index contributed by atoms with van der Waals surface area (Å²) in [5.41, 5.74) is 1.77. The van der Waals surface area contributed by atoms with E-state index in [-0.39, 0.29) is 17.7 Å². The number of hydrogen-bond acceptors (Lipinski definition) is 4. The van der Waals surface area contributed by atoms with Crippen molar-refractivity contribution in [2.75, 3.05) is 6.61 Å². The van der Waals surface area contributed by atoms with Gasteiger partial charge in [0, 0.05) is 4.47 Å². The largest absolute Gasteiger partial charge is 0.494 e. The molecule has 0 radical (unpaired) electrons. The highest BCUT2D eigenvalue weighted by Gasteiger charge is 2.34. The summed E-state index contributed by atoms with van der Waals surface area (Å²) in [5, 5.41) is -0.245. The van der Waals surface area contributed by atoms with E-state index in [1.54, 1.807) is 6.08 Å². The zero-order valence-electron chi connectivity index (χ0n) is 15.0. The molecule has 4 nitrogen and oxygen atoms in total. The predicted molar refractivity (Wildman–Crippen MR) is 113 cm³/mol. The van der Waals surface area contributed by atoms with Crippen LogP contribution >= 0.6 is 27.7 Å². The summed E-state index contributed by atoms with van der Waals surface area (Å²) in [6.45, 7) is 3.09. The molecule has 0 spiro atoms. The van der Waals surface area contributed by atoms with Gasteiger partial charge in [-0.3, -0.25) is 14.5 Å². The van der Waals surface area contributed by atoms with Crippen LogP contribution in [0.2, 0.25) is 0 Å². The van der Waals surface area contributed by atoms with E-state index in [1.807, 2.05) is 48.5 Å². The molecule has 0 N–H and O–H groups in total. The predicted octanol–water partition coefficient (Wildman–Crippen LogP) is 5.86. The molecule has 0 bridgehead atoms. The minimum atomic E-state index is -0.256. The van der Waals surface area contributed by atoms with Gasteiger partial charge in [0.25, 0.3) is 11.1 Å². The zero-order chi connectivity index (χ0) is 19.2. The number of imide groups is 1. The average Bonchev–Trinajstić information content (AvgIpc) is 2.91. The van der Waals surface area contributed by atoms with E-state index in [9.17, 15) is 9.59 Å². The molecule has 6 heteroatoms. The molecule has 2 aromatic carbocycles. The maximum absolute atomic E-state index is 12.6. The number of ether oxygens (including phenoxy) is 1. The number of rotatable bonds is 7. The Morgan fingerprint density at radius 1 is 1.15 bits per heavy atom. The third-order valence-corrected chi connectivity index (χ3v) is 5.45. The monoisotopic (exact) mass is 445 g/mol. The first-order valence-electron chi connectivity index (χ1n) is 8.79. The van der Waals surface area contributed by atoms with E-state index in [0.29, 0.717) is 11.5 Å². The number of unbranched alkanes of at least 4 members (excludes halogenated alkanes) is 1. The summed E-state index contributed by atoms with van der Waals surface area (Å²) in [5.74, 6) is 0.552. The van der Waals surface area contributed by atoms with Crippen molar-refractivity contribution < 1.29 is 14.3 Å². The Morgan fingerprint density at radius 3 is 2.63 bits per heavy atom. The van der Waals surface area contributed by atoms with E-state index in [4.69, 9.17) is 4.74 Å². The maximum atomic E-state index is 12.6. The number of halogens is 1. The average molecular weight is 446 g/mol. The van der Waals surface area contributed by atoms with Gasteiger partial charge < -0.3 is 4.74 Å². The first-order valence-corrected chi connectivity index (χ1v) is 10.4. The number of carbonyl (C=O) groups excluding carboxylic acids is 2. The molecule has 2 amide bonds. The maximum Gasteiger partial charge on any atom is 0.293 e. The fourth-order valence-electron chi connectivity index (χ4n) is 2.60. The molecule has 3 rings (SSSR count). The van der Waals surface area contributed by atoms with Crippen molar-refractivity contribution in [3.05, 3.63) is 69.0 Å². The number of benzene rings is 2. The quantitative estimate of drug-likeness (QED) is 0.395. The highest BCUT2D eigenvalue weighted by Crippen LogP contribution is 2.33. The number of amides is 2. The van der Waals surface area contributed by atoms with Crippen LogP contribution in [0, 0.1) is 0 Å². The molecular formula is C21H20BrNO3S. The second-order valence-corrected chi connectivity index (χ2v) is 8.08. The standard InChI is InChI=1S/C21H20BrNO3S/c1-2-3-11-26-18-9-7-15(8-10-18)13-19-20(24)23(21(25)27-19)14-16-5-4-6-17(22)12-16/h4-10,12-13H,2-3,11,14H2,1H3/b19-13-. The second kappa shape index (κ2) is 9.24. The van der Waals surface area contributed by atoms with Crippen molar-refractivity contribution in [3.63, 3.8) is 0 Å². The van der Waals surface area contributed by atoms with Gasteiger partial charge in [0.1, 0.15) is 5.75 Å². The van der Waals surface area contributed by atoms with Crippen molar-refractivity contribution in [1.29, 1.82) is 0 Å². The third-order valence-electron chi connectivity index (χ3n) is 4.05. The molecule has 1 aliphatic rings. The van der Waals surface area contributed by atoms with E-state index in [0.717, 1.165) is 46.0 Å². The van der Waals surface area contributed by atoms with Crippen molar-refractivity contribution in [2.45, 2.75) is 26.3 Å². The van der Waals surface area contributed by atoms with Gasteiger partial charge in [-0.15, -0.1) is 0 Å². The van der Waals surface area contributed by atoms with Crippen LogP contribution in [-0.2, 0) is 11.3 Å². The summed E-state index contributed by atoms with van der Waals surface area (Å²) in [4.78, 5) is 26.6. The summed E-state index contributed by atoms with van der Waals surface area (Å²) < 4.78 is 6.56. The highest BCUT2D eigenvalue weighted by molar-refractivity contribution is 9.10. The molecule has 27 heavy (non-hydrogen) atoms. The van der Waals surface area contributed by atoms with Crippen LogP contribution in [0.25, 0.3) is 6.08 Å². The van der Waals surface area contributed by atoms with Crippen LogP contribution in [0.15, 0.2) is 57.9 Å². The van der Waals surface area contributed by atoms with Crippen LogP contribution in [0.1, 0.15) is 30.9 Å². The van der Waals surface area contributed by atoms with Gasteiger partial charge in [0.2, 0.25) is 0 Å². The van der Waals surface area contributed by atoms with Gasteiger partial charge in [-0.1, -0.05) is 53.5 Å². The fourth-order valence-corrected chi connectivity index (χ4v) is 3.89. The minimum absolute atomic E-state index is 0.245. The van der Waals surface area contributed by atoms with Crippen molar-refractivity contribution in [2.24, 2.45) is 0 Å². The lowest BCUT2D eigenvalue weighted by atomic mass is 10.2. The Kier molecular flexibility index (Phi) is 6.74. The van der Waals surface area contributed by atoms with Gasteiger partial charge in [0.15, 0.2) is 0 Å². The second-order valence-electron chi connectivity index (χ2n) is 6.17. The molecule has 2 aromatic rings. The molecule has 0 atom stereocenters. The molecule has 1 fully saturated rings. The lowest BCUT2D eigenvalue weighted by Gasteiger charge is -2.12. The normalized spacial score (nSPS) is 15.6. The summed E-state index contributed by atoms with van der Waals surface area (Å²) >= 11 is 4.38. The first kappa shape index (κ1) is 19.7. The molecule has 0 unspecified atom stereocenters. The molecule has 140 valence electrons. The van der Waals surface area contributed by atoms with Crippen LogP contribution in [0.5, 0.6) is 5.75 Å².